The maximum absolute atomic E-state index is 13.2. The molecule has 1 N–H and O–H groups in total. The van der Waals surface area contributed by atoms with E-state index in [1.54, 1.807) is 46.9 Å². The first-order chi connectivity index (χ1) is 16.0. The van der Waals surface area contributed by atoms with Crippen molar-refractivity contribution in [1.82, 2.24) is 9.29 Å². The average Bonchev–Trinajstić information content (AvgIpc) is 2.85. The van der Waals surface area contributed by atoms with E-state index in [0.717, 1.165) is 51.1 Å². The normalized spacial score (nSPS) is 18.3. The average molecular weight is 471 g/mol. The van der Waals surface area contributed by atoms with Crippen LogP contribution < -0.4 is 10.2 Å². The van der Waals surface area contributed by atoms with Gasteiger partial charge in [0.15, 0.2) is 0 Å². The van der Waals surface area contributed by atoms with Gasteiger partial charge < -0.3 is 10.2 Å². The summed E-state index contributed by atoms with van der Waals surface area (Å²) >= 11 is 0. The van der Waals surface area contributed by atoms with Crippen LogP contribution in [0.4, 0.5) is 11.5 Å². The van der Waals surface area contributed by atoms with Gasteiger partial charge in [-0.1, -0.05) is 32.3 Å². The van der Waals surface area contributed by atoms with E-state index in [0.29, 0.717) is 30.2 Å². The number of piperidine rings is 2. The Labute approximate surface area is 197 Å². The first-order valence-electron chi connectivity index (χ1n) is 12.1. The van der Waals surface area contributed by atoms with Gasteiger partial charge in [0.2, 0.25) is 10.0 Å². The number of nitrogens with one attached hydrogen (secondary N) is 1. The van der Waals surface area contributed by atoms with Crippen LogP contribution >= 0.6 is 0 Å². The molecule has 1 aromatic carbocycles. The summed E-state index contributed by atoms with van der Waals surface area (Å²) in [6, 6.07) is 10.1. The van der Waals surface area contributed by atoms with Crippen molar-refractivity contribution in [2.24, 2.45) is 5.92 Å². The molecule has 4 rings (SSSR count). The molecule has 1 amide bonds. The summed E-state index contributed by atoms with van der Waals surface area (Å²) in [6.45, 7) is 5.11. The lowest BCUT2D eigenvalue weighted by Crippen LogP contribution is -2.36. The van der Waals surface area contributed by atoms with Gasteiger partial charge in [-0.3, -0.25) is 4.79 Å². The van der Waals surface area contributed by atoms with Crippen molar-refractivity contribution < 1.29 is 13.2 Å². The number of benzene rings is 1. The maximum Gasteiger partial charge on any atom is 0.259 e. The monoisotopic (exact) mass is 470 g/mol. The Morgan fingerprint density at radius 3 is 2.55 bits per heavy atom. The van der Waals surface area contributed by atoms with Crippen LogP contribution in [-0.4, -0.2) is 49.8 Å². The SMILES string of the molecule is CCCC1CCN(c2ncccc2C(=O)Nc2cccc(S(=O)(=O)N3CCCCC3)c2)CC1. The molecule has 7 nitrogen and oxygen atoms in total. The topological polar surface area (TPSA) is 82.6 Å². The summed E-state index contributed by atoms with van der Waals surface area (Å²) in [4.78, 5) is 20.1. The lowest BCUT2D eigenvalue weighted by molar-refractivity contribution is 0.102. The van der Waals surface area contributed by atoms with Gasteiger partial charge in [-0.25, -0.2) is 13.4 Å². The minimum Gasteiger partial charge on any atom is -0.356 e. The highest BCUT2D eigenvalue weighted by atomic mass is 32.2. The first-order valence-corrected chi connectivity index (χ1v) is 13.5. The Morgan fingerprint density at radius 1 is 1.06 bits per heavy atom. The number of hydrogen-bond acceptors (Lipinski definition) is 5. The molecule has 2 fully saturated rings. The standard InChI is InChI=1S/C25H34N4O3S/c1-2-8-20-12-17-28(18-13-20)24-23(11-7-14-26-24)25(30)27-21-9-6-10-22(19-21)33(31,32)29-15-4-3-5-16-29/h6-7,9-11,14,19-20H,2-5,8,12-13,15-18H2,1H3,(H,27,30). The van der Waals surface area contributed by atoms with E-state index < -0.39 is 10.0 Å². The summed E-state index contributed by atoms with van der Waals surface area (Å²) in [5, 5.41) is 2.89. The lowest BCUT2D eigenvalue weighted by Gasteiger charge is -2.33. The van der Waals surface area contributed by atoms with Crippen LogP contribution in [0.25, 0.3) is 0 Å². The highest BCUT2D eigenvalue weighted by molar-refractivity contribution is 7.89. The number of nitrogens with zero attached hydrogens (tertiary/aromatic N) is 3. The van der Waals surface area contributed by atoms with Crippen LogP contribution in [0.2, 0.25) is 0 Å². The second-order valence-corrected chi connectivity index (χ2v) is 11.0. The number of aromatic nitrogens is 1. The van der Waals surface area contributed by atoms with Gasteiger partial charge in [0, 0.05) is 38.1 Å². The van der Waals surface area contributed by atoms with Crippen molar-refractivity contribution in [3.05, 3.63) is 48.2 Å². The highest BCUT2D eigenvalue weighted by Crippen LogP contribution is 2.28. The highest BCUT2D eigenvalue weighted by Gasteiger charge is 2.27. The molecular weight excluding hydrogens is 436 g/mol. The third kappa shape index (κ3) is 5.55. The molecule has 178 valence electrons. The molecule has 33 heavy (non-hydrogen) atoms. The Kier molecular flexibility index (Phi) is 7.65. The molecule has 0 atom stereocenters. The number of hydrogen-bond donors (Lipinski definition) is 1. The number of carbonyl (C=O) groups excluding carboxylic acids is 1. The third-order valence-corrected chi connectivity index (χ3v) is 8.58. The van der Waals surface area contributed by atoms with E-state index in [9.17, 15) is 13.2 Å². The summed E-state index contributed by atoms with van der Waals surface area (Å²) < 4.78 is 27.6. The fourth-order valence-corrected chi connectivity index (χ4v) is 6.42. The summed E-state index contributed by atoms with van der Waals surface area (Å²) in [6.07, 6.45) is 9.23. The Hall–Kier alpha value is -2.45. The molecule has 2 aromatic rings. The van der Waals surface area contributed by atoms with Crippen molar-refractivity contribution in [1.29, 1.82) is 0 Å². The van der Waals surface area contributed by atoms with Crippen LogP contribution in [0.1, 0.15) is 62.2 Å². The predicted octanol–water partition coefficient (Wildman–Crippen LogP) is 4.53. The van der Waals surface area contributed by atoms with Gasteiger partial charge in [0.05, 0.1) is 10.5 Å². The summed E-state index contributed by atoms with van der Waals surface area (Å²) in [7, 11) is -3.56. The zero-order valence-electron chi connectivity index (χ0n) is 19.4. The van der Waals surface area contributed by atoms with Crippen LogP contribution in [0.15, 0.2) is 47.5 Å². The van der Waals surface area contributed by atoms with Gasteiger partial charge >= 0.3 is 0 Å². The van der Waals surface area contributed by atoms with Crippen molar-refractivity contribution in [3.8, 4) is 0 Å². The molecule has 0 spiro atoms. The molecule has 0 radical (unpaired) electrons. The fraction of sp³-hybridized carbons (Fsp3) is 0.520. The molecule has 0 aliphatic carbocycles. The molecular formula is C25H34N4O3S. The summed E-state index contributed by atoms with van der Waals surface area (Å²) in [5.74, 6) is 1.17. The van der Waals surface area contributed by atoms with Gasteiger partial charge in [-0.15, -0.1) is 0 Å². The van der Waals surface area contributed by atoms with Crippen molar-refractivity contribution in [3.63, 3.8) is 0 Å². The molecule has 2 aliphatic rings. The van der Waals surface area contributed by atoms with Crippen LogP contribution in [-0.2, 0) is 10.0 Å². The lowest BCUT2D eigenvalue weighted by atomic mass is 9.92. The molecule has 1 aromatic heterocycles. The second kappa shape index (κ2) is 10.7. The van der Waals surface area contributed by atoms with Crippen LogP contribution in [0.3, 0.4) is 0 Å². The molecule has 0 unspecified atom stereocenters. The quantitative estimate of drug-likeness (QED) is 0.643. The molecule has 0 bridgehead atoms. The molecule has 8 heteroatoms. The van der Waals surface area contributed by atoms with E-state index >= 15 is 0 Å². The second-order valence-electron chi connectivity index (χ2n) is 9.04. The minimum atomic E-state index is -3.56. The fourth-order valence-electron chi connectivity index (χ4n) is 4.85. The number of anilines is 2. The van der Waals surface area contributed by atoms with E-state index in [-0.39, 0.29) is 10.8 Å². The smallest absolute Gasteiger partial charge is 0.259 e. The zero-order valence-corrected chi connectivity index (χ0v) is 20.2. The number of rotatable bonds is 7. The van der Waals surface area contributed by atoms with Crippen molar-refractivity contribution in [2.75, 3.05) is 36.4 Å². The first kappa shape index (κ1) is 23.7. The van der Waals surface area contributed by atoms with E-state index in [4.69, 9.17) is 0 Å². The van der Waals surface area contributed by atoms with Gasteiger partial charge in [0.1, 0.15) is 5.82 Å². The van der Waals surface area contributed by atoms with E-state index in [2.05, 4.69) is 22.1 Å². The van der Waals surface area contributed by atoms with Crippen molar-refractivity contribution >= 4 is 27.4 Å². The van der Waals surface area contributed by atoms with Gasteiger partial charge in [-0.2, -0.15) is 4.31 Å². The molecule has 2 saturated heterocycles. The van der Waals surface area contributed by atoms with Gasteiger partial charge in [-0.05, 0) is 61.9 Å². The van der Waals surface area contributed by atoms with E-state index in [1.165, 1.54) is 12.8 Å². The predicted molar refractivity (Wildman–Crippen MR) is 131 cm³/mol. The van der Waals surface area contributed by atoms with E-state index in [1.807, 2.05) is 0 Å². The Balaban J connectivity index is 1.49. The Bertz CT molecular complexity index is 1060. The Morgan fingerprint density at radius 2 is 1.82 bits per heavy atom. The maximum atomic E-state index is 13.2. The molecule has 0 saturated carbocycles. The minimum absolute atomic E-state index is 0.214. The van der Waals surface area contributed by atoms with Crippen LogP contribution in [0, 0.1) is 5.92 Å². The largest absolute Gasteiger partial charge is 0.356 e. The third-order valence-electron chi connectivity index (χ3n) is 6.69. The van der Waals surface area contributed by atoms with Gasteiger partial charge in [0.25, 0.3) is 5.91 Å². The van der Waals surface area contributed by atoms with Crippen LogP contribution in [0.5, 0.6) is 0 Å². The number of amides is 1. The van der Waals surface area contributed by atoms with Crippen molar-refractivity contribution in [2.45, 2.75) is 56.8 Å². The number of pyridine rings is 1. The number of carbonyl (C=O) groups is 1. The zero-order chi connectivity index (χ0) is 23.3. The molecule has 3 heterocycles. The molecule has 2 aliphatic heterocycles. The number of sulfonamides is 1. The summed E-state index contributed by atoms with van der Waals surface area (Å²) in [5.41, 5.74) is 0.977.